The third kappa shape index (κ3) is 3.07. The molecule has 0 aliphatic carbocycles. The third-order valence-corrected chi connectivity index (χ3v) is 5.41. The van der Waals surface area contributed by atoms with E-state index in [1.807, 2.05) is 67.6 Å². The highest BCUT2D eigenvalue weighted by Crippen LogP contribution is 2.36. The van der Waals surface area contributed by atoms with Crippen LogP contribution >= 0.6 is 11.7 Å². The van der Waals surface area contributed by atoms with Gasteiger partial charge in [0.1, 0.15) is 28.3 Å². The van der Waals surface area contributed by atoms with E-state index in [4.69, 9.17) is 8.83 Å². The minimum absolute atomic E-state index is 0.131. The highest BCUT2D eigenvalue weighted by molar-refractivity contribution is 7.00. The normalized spacial score (nSPS) is 11.2. The van der Waals surface area contributed by atoms with Crippen molar-refractivity contribution < 1.29 is 13.6 Å². The number of nitrogens with zero attached hydrogens (tertiary/aromatic N) is 2. The molecule has 0 unspecified atom stereocenters. The summed E-state index contributed by atoms with van der Waals surface area (Å²) in [6.45, 7) is 1.86. The van der Waals surface area contributed by atoms with Gasteiger partial charge in [-0.1, -0.05) is 31.2 Å². The van der Waals surface area contributed by atoms with E-state index < -0.39 is 0 Å². The molecule has 5 nitrogen and oxygen atoms in total. The van der Waals surface area contributed by atoms with Crippen LogP contribution in [-0.4, -0.2) is 14.5 Å². The van der Waals surface area contributed by atoms with Crippen molar-refractivity contribution in [2.24, 2.45) is 0 Å². The van der Waals surface area contributed by atoms with Gasteiger partial charge in [0.2, 0.25) is 0 Å². The predicted molar refractivity (Wildman–Crippen MR) is 113 cm³/mol. The summed E-state index contributed by atoms with van der Waals surface area (Å²) in [6, 6.07) is 19.1. The molecule has 142 valence electrons. The maximum Gasteiger partial charge on any atom is 0.162 e. The lowest BCUT2D eigenvalue weighted by atomic mass is 10.0. The highest BCUT2D eigenvalue weighted by Gasteiger charge is 2.17. The number of carbonyl (C=O) groups excluding carboxylic acids is 1. The smallest absolute Gasteiger partial charge is 0.162 e. The molecule has 0 fully saturated rings. The zero-order chi connectivity index (χ0) is 19.8. The number of carbonyl (C=O) groups is 1. The van der Waals surface area contributed by atoms with Crippen molar-refractivity contribution in [1.82, 2.24) is 8.75 Å². The summed E-state index contributed by atoms with van der Waals surface area (Å²) in [6.07, 6.45) is 2.14. The minimum Gasteiger partial charge on any atom is -0.464 e. The van der Waals surface area contributed by atoms with Crippen LogP contribution in [0.15, 0.2) is 75.8 Å². The summed E-state index contributed by atoms with van der Waals surface area (Å²) in [5, 5.41) is 0. The Morgan fingerprint density at radius 1 is 0.862 bits per heavy atom. The Kier molecular flexibility index (Phi) is 4.33. The molecule has 0 spiro atoms. The molecular weight excluding hydrogens is 384 g/mol. The highest BCUT2D eigenvalue weighted by atomic mass is 32.1. The van der Waals surface area contributed by atoms with Crippen molar-refractivity contribution in [3.8, 4) is 34.0 Å². The Morgan fingerprint density at radius 2 is 1.55 bits per heavy atom. The van der Waals surface area contributed by atoms with Gasteiger partial charge in [-0.2, -0.15) is 8.75 Å². The number of aromatic nitrogens is 2. The lowest BCUT2D eigenvalue weighted by Gasteiger charge is -2.03. The Labute approximate surface area is 170 Å². The Balaban J connectivity index is 1.53. The van der Waals surface area contributed by atoms with Crippen molar-refractivity contribution >= 4 is 28.5 Å². The number of furan rings is 2. The Bertz CT molecular complexity index is 1300. The number of fused-ring (bicyclic) bond motifs is 1. The van der Waals surface area contributed by atoms with E-state index in [-0.39, 0.29) is 5.78 Å². The van der Waals surface area contributed by atoms with Crippen LogP contribution in [-0.2, 0) is 0 Å². The van der Waals surface area contributed by atoms with E-state index in [0.29, 0.717) is 12.0 Å². The summed E-state index contributed by atoms with van der Waals surface area (Å²) < 4.78 is 20.6. The second-order valence-corrected chi connectivity index (χ2v) is 7.15. The SMILES string of the molecule is CCC(=O)c1ccc(-c2ccc(-c3ccc(-c4ccco4)c4nsnc34)o2)cc1. The number of hydrogen-bond acceptors (Lipinski definition) is 6. The first-order valence-corrected chi connectivity index (χ1v) is 10.0. The lowest BCUT2D eigenvalue weighted by molar-refractivity contribution is 0.0988. The summed E-state index contributed by atoms with van der Waals surface area (Å²) in [5.41, 5.74) is 5.01. The first kappa shape index (κ1) is 17.6. The van der Waals surface area contributed by atoms with E-state index in [1.165, 1.54) is 11.7 Å². The zero-order valence-corrected chi connectivity index (χ0v) is 16.4. The van der Waals surface area contributed by atoms with Crippen LogP contribution in [0.2, 0.25) is 0 Å². The van der Waals surface area contributed by atoms with Crippen LogP contribution in [0.4, 0.5) is 0 Å². The van der Waals surface area contributed by atoms with Gasteiger partial charge in [0, 0.05) is 28.7 Å². The Morgan fingerprint density at radius 3 is 2.21 bits per heavy atom. The topological polar surface area (TPSA) is 69.1 Å². The van der Waals surface area contributed by atoms with Gasteiger partial charge in [-0.15, -0.1) is 0 Å². The van der Waals surface area contributed by atoms with E-state index in [2.05, 4.69) is 8.75 Å². The first-order chi connectivity index (χ1) is 14.2. The van der Waals surface area contributed by atoms with Gasteiger partial charge in [-0.05, 0) is 36.4 Å². The quantitative estimate of drug-likeness (QED) is 0.316. The van der Waals surface area contributed by atoms with Gasteiger partial charge < -0.3 is 8.83 Å². The molecule has 29 heavy (non-hydrogen) atoms. The van der Waals surface area contributed by atoms with Crippen molar-refractivity contribution in [1.29, 1.82) is 0 Å². The van der Waals surface area contributed by atoms with Crippen LogP contribution in [0.25, 0.3) is 45.0 Å². The number of hydrogen-bond donors (Lipinski definition) is 0. The van der Waals surface area contributed by atoms with Gasteiger partial charge in [0.05, 0.1) is 18.0 Å². The molecular formula is C23H16N2O3S. The second-order valence-electron chi connectivity index (χ2n) is 6.62. The van der Waals surface area contributed by atoms with E-state index in [1.54, 1.807) is 6.26 Å². The number of ketones is 1. The maximum absolute atomic E-state index is 11.8. The standard InChI is InChI=1S/C23H16N2O3S/c1-2-18(26)14-5-7-15(8-6-14)19-11-12-21(28-19)17-10-9-16(20-4-3-13-27-20)22-23(17)25-29-24-22/h3-13H,2H2,1H3. The first-order valence-electron chi connectivity index (χ1n) is 9.27. The van der Waals surface area contributed by atoms with Crippen LogP contribution in [0.5, 0.6) is 0 Å². The molecule has 0 aliphatic heterocycles. The van der Waals surface area contributed by atoms with Gasteiger partial charge in [0.25, 0.3) is 0 Å². The predicted octanol–water partition coefficient (Wildman–Crippen LogP) is 6.47. The zero-order valence-electron chi connectivity index (χ0n) is 15.6. The molecule has 0 bridgehead atoms. The van der Waals surface area contributed by atoms with Crippen LogP contribution < -0.4 is 0 Å². The monoisotopic (exact) mass is 400 g/mol. The average molecular weight is 400 g/mol. The molecule has 0 saturated carbocycles. The van der Waals surface area contributed by atoms with Crippen LogP contribution in [0.3, 0.4) is 0 Å². The Hall–Kier alpha value is -3.51. The second kappa shape index (κ2) is 7.14. The van der Waals surface area contributed by atoms with Crippen molar-refractivity contribution in [2.45, 2.75) is 13.3 Å². The van der Waals surface area contributed by atoms with Gasteiger partial charge in [-0.25, -0.2) is 0 Å². The maximum atomic E-state index is 11.8. The van der Waals surface area contributed by atoms with E-state index >= 15 is 0 Å². The molecule has 3 aromatic heterocycles. The van der Waals surface area contributed by atoms with Gasteiger partial charge in [0.15, 0.2) is 5.78 Å². The molecule has 0 radical (unpaired) electrons. The number of rotatable bonds is 5. The molecule has 0 atom stereocenters. The van der Waals surface area contributed by atoms with Crippen LogP contribution in [0.1, 0.15) is 23.7 Å². The van der Waals surface area contributed by atoms with Gasteiger partial charge in [-0.3, -0.25) is 4.79 Å². The molecule has 0 aliphatic rings. The largest absolute Gasteiger partial charge is 0.464 e. The summed E-state index contributed by atoms with van der Waals surface area (Å²) in [4.78, 5) is 11.8. The molecule has 6 heteroatoms. The number of Topliss-reactive ketones (excluding diaryl/α,β-unsaturated/α-hetero) is 1. The molecule has 3 heterocycles. The van der Waals surface area contributed by atoms with E-state index in [9.17, 15) is 4.79 Å². The fourth-order valence-corrected chi connectivity index (χ4v) is 3.93. The van der Waals surface area contributed by atoms with Crippen molar-refractivity contribution in [3.63, 3.8) is 0 Å². The summed E-state index contributed by atoms with van der Waals surface area (Å²) >= 11 is 1.17. The molecule has 0 N–H and O–H groups in total. The summed E-state index contributed by atoms with van der Waals surface area (Å²) in [7, 11) is 0. The van der Waals surface area contributed by atoms with Crippen molar-refractivity contribution in [3.05, 3.63) is 72.5 Å². The fourth-order valence-electron chi connectivity index (χ4n) is 3.36. The third-order valence-electron chi connectivity index (χ3n) is 4.89. The molecule has 5 rings (SSSR count). The fraction of sp³-hybridized carbons (Fsp3) is 0.0870. The number of benzene rings is 2. The molecule has 0 saturated heterocycles. The molecule has 5 aromatic rings. The van der Waals surface area contributed by atoms with Crippen molar-refractivity contribution in [2.75, 3.05) is 0 Å². The van der Waals surface area contributed by atoms with E-state index in [0.717, 1.165) is 45.0 Å². The lowest BCUT2D eigenvalue weighted by Crippen LogP contribution is -1.95. The molecule has 0 amide bonds. The molecule has 2 aromatic carbocycles. The minimum atomic E-state index is 0.131. The summed E-state index contributed by atoms with van der Waals surface area (Å²) in [5.74, 6) is 2.35. The van der Waals surface area contributed by atoms with Gasteiger partial charge >= 0.3 is 0 Å². The average Bonchev–Trinajstić information content (AvgIpc) is 3.54. The van der Waals surface area contributed by atoms with Crippen LogP contribution in [0, 0.1) is 0 Å².